The summed E-state index contributed by atoms with van der Waals surface area (Å²) < 4.78 is 32.5. The molecule has 1 aliphatic carbocycles. The maximum absolute atomic E-state index is 5.56. The van der Waals surface area contributed by atoms with Gasteiger partial charge in [-0.25, -0.2) is 24.9 Å². The van der Waals surface area contributed by atoms with Crippen LogP contribution in [0.3, 0.4) is 0 Å². The number of aromatic nitrogens is 12. The number of hydrogen-bond donors (Lipinski definition) is 5. The first kappa shape index (κ1) is 81.9. The number of H-pyrrole nitrogens is 4. The summed E-state index contributed by atoms with van der Waals surface area (Å²) in [5, 5.41) is 21.4. The summed E-state index contributed by atoms with van der Waals surface area (Å²) in [4.78, 5) is 27.0. The van der Waals surface area contributed by atoms with Gasteiger partial charge in [-0.15, -0.1) is 5.10 Å². The van der Waals surface area contributed by atoms with E-state index < -0.39 is 0 Å². The molecule has 5 N–H and O–H groups in total. The molecule has 8 aromatic heterocycles. The van der Waals surface area contributed by atoms with Gasteiger partial charge in [-0.2, -0.15) is 15.4 Å². The highest BCUT2D eigenvalue weighted by Gasteiger charge is 2.18. The molecule has 0 amide bonds. The lowest BCUT2D eigenvalue weighted by molar-refractivity contribution is 0.130. The van der Waals surface area contributed by atoms with Crippen molar-refractivity contribution in [2.75, 3.05) is 45.1 Å². The Morgan fingerprint density at radius 2 is 0.898 bits per heavy atom. The summed E-state index contributed by atoms with van der Waals surface area (Å²) in [6.45, 7) is 44.0. The van der Waals surface area contributed by atoms with E-state index in [1.54, 1.807) is 17.5 Å². The largest absolute Gasteiger partial charge is 0.493 e. The van der Waals surface area contributed by atoms with Crippen molar-refractivity contribution in [2.45, 2.75) is 217 Å². The molecule has 4 aliphatic heterocycles. The minimum atomic E-state index is 0.475. The smallest absolute Gasteiger partial charge is 0.257 e. The monoisotopic (exact) mass is 1460 g/mol. The average molecular weight is 1460 g/mol. The van der Waals surface area contributed by atoms with Gasteiger partial charge in [0, 0.05) is 53.8 Å². The Hall–Kier alpha value is -10.1. The van der Waals surface area contributed by atoms with Crippen LogP contribution >= 0.6 is 0 Å². The Morgan fingerprint density at radius 1 is 0.370 bits per heavy atom. The number of anilines is 1. The maximum Gasteiger partial charge on any atom is 0.257 e. The van der Waals surface area contributed by atoms with Crippen LogP contribution in [0.2, 0.25) is 0 Å². The van der Waals surface area contributed by atoms with E-state index in [0.717, 1.165) is 65.0 Å². The van der Waals surface area contributed by atoms with E-state index >= 15 is 0 Å². The number of aryl methyl sites for hydroxylation is 3. The molecule has 0 bridgehead atoms. The zero-order valence-corrected chi connectivity index (χ0v) is 67.1. The molecule has 0 radical (unpaired) electrons. The quantitative estimate of drug-likeness (QED) is 0.0904. The van der Waals surface area contributed by atoms with E-state index in [1.165, 1.54) is 98.0 Å². The lowest BCUT2D eigenvalue weighted by Crippen LogP contribution is -2.16. The van der Waals surface area contributed by atoms with Crippen LogP contribution in [0.15, 0.2) is 153 Å². The first-order valence-electron chi connectivity index (χ1n) is 38.8. The van der Waals surface area contributed by atoms with E-state index in [2.05, 4.69) is 269 Å². The SMILES string of the molecule is CC(C)c1ccc2c(c1)CCC2.CC(C)c1ccc2c(c1)CCCO2.CC(C)c1ccc2c(c1)COCN2.CC(C)c1ccc2c(c1)OCCO2.CC(C)c1cn[nH]c1.CC(C)c1cnc2[nH]ccc2c1.CC(C)c1cnc2c(c1)OCCO2.CC(C)c1cnc2n[nH]nc2c1.CC(C)c1cnc2nc[nH]c2c1. The third-order valence-electron chi connectivity index (χ3n) is 19.2. The number of ether oxygens (including phenoxy) is 6. The summed E-state index contributed by atoms with van der Waals surface area (Å²) in [6, 6.07) is 36.6. The predicted molar refractivity (Wildman–Crippen MR) is 438 cm³/mol. The summed E-state index contributed by atoms with van der Waals surface area (Å²) in [6.07, 6.45) is 21.2. The van der Waals surface area contributed by atoms with E-state index in [0.29, 0.717) is 97.9 Å². The van der Waals surface area contributed by atoms with E-state index in [-0.39, 0.29) is 0 Å². The molecule has 12 aromatic rings. The molecular weight excluding hydrogens is 1350 g/mol. The van der Waals surface area contributed by atoms with Crippen molar-refractivity contribution >= 4 is 39.0 Å². The van der Waals surface area contributed by atoms with Gasteiger partial charge >= 0.3 is 0 Å². The molecule has 19 nitrogen and oxygen atoms in total. The van der Waals surface area contributed by atoms with Crippen molar-refractivity contribution in [1.82, 2.24) is 60.5 Å². The molecule has 0 spiro atoms. The van der Waals surface area contributed by atoms with Gasteiger partial charge < -0.3 is 43.7 Å². The van der Waals surface area contributed by atoms with Crippen molar-refractivity contribution < 1.29 is 28.4 Å². The van der Waals surface area contributed by atoms with Crippen molar-refractivity contribution in [2.24, 2.45) is 0 Å². The van der Waals surface area contributed by atoms with Gasteiger partial charge in [-0.3, -0.25) is 5.10 Å². The van der Waals surface area contributed by atoms with E-state index in [9.17, 15) is 0 Å². The van der Waals surface area contributed by atoms with Crippen LogP contribution < -0.4 is 29.0 Å². The molecule has 108 heavy (non-hydrogen) atoms. The van der Waals surface area contributed by atoms with Gasteiger partial charge in [0.05, 0.1) is 31.3 Å². The molecule has 0 atom stereocenters. The molecule has 17 rings (SSSR count). The van der Waals surface area contributed by atoms with Crippen molar-refractivity contribution in [3.8, 4) is 28.9 Å². The first-order valence-corrected chi connectivity index (χ1v) is 38.8. The Labute approximate surface area is 640 Å². The fraction of sp³-hybridized carbons (Fsp3) is 0.438. The maximum atomic E-state index is 5.56. The van der Waals surface area contributed by atoms with Gasteiger partial charge in [-0.1, -0.05) is 173 Å². The molecule has 0 unspecified atom stereocenters. The van der Waals surface area contributed by atoms with Gasteiger partial charge in [0.1, 0.15) is 50.1 Å². The zero-order chi connectivity index (χ0) is 77.2. The van der Waals surface area contributed by atoms with E-state index in [4.69, 9.17) is 28.4 Å². The summed E-state index contributed by atoms with van der Waals surface area (Å²) in [7, 11) is 0. The Kier molecular flexibility index (Phi) is 30.9. The second kappa shape index (κ2) is 40.7. The molecular formula is C89H117N13O6. The van der Waals surface area contributed by atoms with Gasteiger partial charge in [0.2, 0.25) is 5.65 Å². The molecule has 12 heterocycles. The van der Waals surface area contributed by atoms with Crippen LogP contribution in [0.5, 0.6) is 28.9 Å². The minimum absolute atomic E-state index is 0.475. The van der Waals surface area contributed by atoms with Gasteiger partial charge in [-0.05, 0) is 207 Å². The van der Waals surface area contributed by atoms with Crippen LogP contribution in [-0.2, 0) is 30.6 Å². The molecule has 0 saturated heterocycles. The van der Waals surface area contributed by atoms with E-state index in [1.807, 2.05) is 67.6 Å². The topological polar surface area (TPSA) is 234 Å². The normalized spacial score (nSPS) is 13.4. The zero-order valence-electron chi connectivity index (χ0n) is 67.1. The fourth-order valence-corrected chi connectivity index (χ4v) is 12.0. The standard InChI is InChI=1S/C12H16O.C12H16.C11H15NO.C11H14O2.C10H12N2.C10H13NO2.C9H11N3.C8H10N4.C6H10N2/c1-9(2)10-5-6-12-11(8-10)4-3-7-13-12;1-9(2)11-7-6-10-4-3-5-12(10)8-11;1-8(2)9-3-4-11-10(5-9)6-13-7-12-11;1-8(2)9-3-4-10-11(7-9)13-6-5-12-10;1-7(2)9-5-8-3-4-11-10(8)12-6-9;1-7(2)8-5-9-10(11-6-8)13-4-3-12-9;1-6(2)7-3-8-9(10-4-7)12-5-11-8;1-5(2)6-3-7-8(9-4-6)11-12-10-7;1-5(2)6-3-7-8-4-6/h5-6,8-9H,3-4,7H2,1-2H3;6-9H,3-5H2,1-2H3;3-5,8,12H,6-7H2,1-2H3;3-4,7-8H,5-6H2,1-2H3;3-7H,1-2H3,(H,11,12);5-7H,3-4H2,1-2H3;3-6H,1-2H3,(H,10,11,12);3-5H,1-2H3,(H,9,10,11,12);3-5H,1-2H3,(H,7,8). The molecule has 19 heteroatoms. The summed E-state index contributed by atoms with van der Waals surface area (Å²) >= 11 is 0. The van der Waals surface area contributed by atoms with Crippen LogP contribution in [0.1, 0.15) is 263 Å². The fourth-order valence-electron chi connectivity index (χ4n) is 12.0. The molecule has 4 aromatic carbocycles. The predicted octanol–water partition coefficient (Wildman–Crippen LogP) is 21.5. The minimum Gasteiger partial charge on any atom is -0.493 e. The highest BCUT2D eigenvalue weighted by Crippen LogP contribution is 2.35. The highest BCUT2D eigenvalue weighted by atomic mass is 16.6. The van der Waals surface area contributed by atoms with Crippen LogP contribution in [0, 0.1) is 0 Å². The van der Waals surface area contributed by atoms with Gasteiger partial charge in [0.15, 0.2) is 22.9 Å². The number of pyridine rings is 4. The lowest BCUT2D eigenvalue weighted by atomic mass is 9.97. The molecule has 0 saturated carbocycles. The van der Waals surface area contributed by atoms with Gasteiger partial charge in [0.25, 0.3) is 5.88 Å². The Balaban J connectivity index is 0.000000140. The second-order valence-corrected chi connectivity index (χ2v) is 30.5. The van der Waals surface area contributed by atoms with Crippen molar-refractivity contribution in [3.05, 3.63) is 225 Å². The molecule has 0 fully saturated rings. The van der Waals surface area contributed by atoms with Crippen LogP contribution in [0.4, 0.5) is 5.69 Å². The Bertz CT molecular complexity index is 4240. The van der Waals surface area contributed by atoms with Crippen LogP contribution in [0.25, 0.3) is 33.4 Å². The number of nitrogens with one attached hydrogen (secondary N) is 5. The average Bonchev–Trinajstić information content (AvgIpc) is 1.70. The highest BCUT2D eigenvalue weighted by molar-refractivity contribution is 5.76. The van der Waals surface area contributed by atoms with Crippen molar-refractivity contribution in [1.29, 1.82) is 0 Å². The number of imidazole rings is 1. The molecule has 5 aliphatic rings. The Morgan fingerprint density at radius 3 is 1.56 bits per heavy atom. The molecule has 574 valence electrons. The summed E-state index contributed by atoms with van der Waals surface area (Å²) in [5.74, 6) is 9.29. The number of benzene rings is 4. The summed E-state index contributed by atoms with van der Waals surface area (Å²) in [5.41, 5.74) is 23.1. The van der Waals surface area contributed by atoms with Crippen LogP contribution in [-0.4, -0.2) is 100 Å². The first-order chi connectivity index (χ1) is 52.0. The third-order valence-corrected chi connectivity index (χ3v) is 19.2. The number of aromatic amines is 4. The number of nitrogens with zero attached hydrogens (tertiary/aromatic N) is 8. The second-order valence-electron chi connectivity index (χ2n) is 30.5. The number of fused-ring (bicyclic) bond motifs is 8. The number of rotatable bonds is 9. The third kappa shape index (κ3) is 24.2. The number of hydrogen-bond acceptors (Lipinski definition) is 15. The van der Waals surface area contributed by atoms with Crippen molar-refractivity contribution in [3.63, 3.8) is 0 Å². The lowest BCUT2D eigenvalue weighted by Gasteiger charge is -2.19.